The molecule has 0 bridgehead atoms. The van der Waals surface area contributed by atoms with Gasteiger partial charge in [-0.2, -0.15) is 5.26 Å². The summed E-state index contributed by atoms with van der Waals surface area (Å²) < 4.78 is 0. The molecule has 2 fully saturated rings. The monoisotopic (exact) mass is 390 g/mol. The molecule has 1 aliphatic heterocycles. The second-order valence-corrected chi connectivity index (χ2v) is 9.36. The summed E-state index contributed by atoms with van der Waals surface area (Å²) in [7, 11) is 0. The van der Waals surface area contributed by atoms with Crippen LogP contribution >= 0.6 is 0 Å². The molecule has 2 rings (SSSR count). The molecule has 0 aromatic rings. The van der Waals surface area contributed by atoms with Crippen molar-refractivity contribution in [1.29, 1.82) is 5.26 Å². The predicted octanol–water partition coefficient (Wildman–Crippen LogP) is 2.02. The van der Waals surface area contributed by atoms with E-state index in [1.807, 2.05) is 20.8 Å². The Morgan fingerprint density at radius 3 is 2.39 bits per heavy atom. The molecule has 1 heterocycles. The number of amides is 3. The minimum Gasteiger partial charge on any atom is -0.356 e. The summed E-state index contributed by atoms with van der Waals surface area (Å²) in [5.74, 6) is -0.746. The third kappa shape index (κ3) is 6.81. The molecule has 7 nitrogen and oxygen atoms in total. The first kappa shape index (κ1) is 22.2. The normalized spacial score (nSPS) is 22.6. The minimum atomic E-state index is -0.740. The molecule has 156 valence electrons. The highest BCUT2D eigenvalue weighted by atomic mass is 16.2. The molecule has 3 N–H and O–H groups in total. The average molecular weight is 391 g/mol. The van der Waals surface area contributed by atoms with Crippen molar-refractivity contribution in [1.82, 2.24) is 16.0 Å². The van der Waals surface area contributed by atoms with Gasteiger partial charge >= 0.3 is 0 Å². The Morgan fingerprint density at radius 2 is 1.86 bits per heavy atom. The van der Waals surface area contributed by atoms with Gasteiger partial charge in [0.15, 0.2) is 0 Å². The quantitative estimate of drug-likeness (QED) is 0.617. The van der Waals surface area contributed by atoms with Crippen LogP contribution in [0.3, 0.4) is 0 Å². The summed E-state index contributed by atoms with van der Waals surface area (Å²) >= 11 is 0. The number of nitrogens with zero attached hydrogens (tertiary/aromatic N) is 1. The molecule has 0 aromatic carbocycles. The van der Waals surface area contributed by atoms with E-state index in [1.54, 1.807) is 0 Å². The van der Waals surface area contributed by atoms with Gasteiger partial charge in [0, 0.05) is 18.4 Å². The molecule has 7 heteroatoms. The van der Waals surface area contributed by atoms with Crippen LogP contribution < -0.4 is 16.0 Å². The van der Waals surface area contributed by atoms with Crippen LogP contribution in [0.4, 0.5) is 0 Å². The zero-order valence-electron chi connectivity index (χ0n) is 17.3. The van der Waals surface area contributed by atoms with Crippen LogP contribution in [0.15, 0.2) is 0 Å². The number of hydrogen-bond donors (Lipinski definition) is 3. The highest BCUT2D eigenvalue weighted by Crippen LogP contribution is 2.25. The van der Waals surface area contributed by atoms with Gasteiger partial charge in [-0.25, -0.2) is 0 Å². The largest absolute Gasteiger partial charge is 0.356 e. The van der Waals surface area contributed by atoms with E-state index in [2.05, 4.69) is 22.0 Å². The van der Waals surface area contributed by atoms with E-state index in [-0.39, 0.29) is 35.0 Å². The highest BCUT2D eigenvalue weighted by molar-refractivity contribution is 5.89. The molecule has 1 saturated carbocycles. The molecule has 28 heavy (non-hydrogen) atoms. The van der Waals surface area contributed by atoms with Gasteiger partial charge in [-0.15, -0.1) is 0 Å². The predicted molar refractivity (Wildman–Crippen MR) is 106 cm³/mol. The average Bonchev–Trinajstić information content (AvgIpc) is 3.04. The van der Waals surface area contributed by atoms with Gasteiger partial charge in [-0.3, -0.25) is 14.4 Å². The number of carbonyl (C=O) groups is 3. The van der Waals surface area contributed by atoms with E-state index in [0.717, 1.165) is 32.1 Å². The lowest BCUT2D eigenvalue weighted by Crippen LogP contribution is -2.52. The Bertz CT molecular complexity index is 614. The van der Waals surface area contributed by atoms with Gasteiger partial charge in [-0.1, -0.05) is 40.0 Å². The minimum absolute atomic E-state index is 0.0297. The first-order valence-electron chi connectivity index (χ1n) is 10.5. The van der Waals surface area contributed by atoms with Crippen LogP contribution in [0, 0.1) is 28.6 Å². The highest BCUT2D eigenvalue weighted by Gasteiger charge is 2.32. The lowest BCUT2D eigenvalue weighted by Gasteiger charge is -2.29. The zero-order valence-corrected chi connectivity index (χ0v) is 17.3. The molecule has 0 spiro atoms. The number of hydrogen-bond acceptors (Lipinski definition) is 4. The van der Waals surface area contributed by atoms with Crippen LogP contribution in [0.1, 0.15) is 72.1 Å². The second kappa shape index (κ2) is 9.90. The molecule has 3 atom stereocenters. The van der Waals surface area contributed by atoms with Crippen LogP contribution in [-0.2, 0) is 14.4 Å². The maximum absolute atomic E-state index is 12.9. The first-order valence-corrected chi connectivity index (χ1v) is 10.5. The molecule has 1 aliphatic carbocycles. The molecule has 0 unspecified atom stereocenters. The zero-order chi connectivity index (χ0) is 20.7. The van der Waals surface area contributed by atoms with Gasteiger partial charge in [0.05, 0.1) is 6.07 Å². The first-order chi connectivity index (χ1) is 13.2. The fourth-order valence-electron chi connectivity index (χ4n) is 4.05. The number of carbonyl (C=O) groups excluding carboxylic acids is 3. The lowest BCUT2D eigenvalue weighted by atomic mass is 9.86. The molecular weight excluding hydrogens is 356 g/mol. The van der Waals surface area contributed by atoms with Crippen LogP contribution in [-0.4, -0.2) is 36.3 Å². The van der Waals surface area contributed by atoms with Gasteiger partial charge in [0.1, 0.15) is 12.1 Å². The fraction of sp³-hybridized carbons (Fsp3) is 0.810. The standard InChI is InChI=1S/C21H34N4O3/c1-21(2,3)12-17(25-19(27)14-7-5-4-6-8-14)20(28)24-16(13-22)11-15-9-10-23-18(15)26/h14-17H,4-12H2,1-3H3,(H,23,26)(H,24,28)(H,25,27)/t15-,16-,17-/m0/s1. The molecular formula is C21H34N4O3. The molecule has 0 radical (unpaired) electrons. The topological polar surface area (TPSA) is 111 Å². The van der Waals surface area contributed by atoms with Crippen LogP contribution in [0.2, 0.25) is 0 Å². The summed E-state index contributed by atoms with van der Waals surface area (Å²) in [5.41, 5.74) is -0.157. The second-order valence-electron chi connectivity index (χ2n) is 9.36. The molecule has 0 aromatic heterocycles. The summed E-state index contributed by atoms with van der Waals surface area (Å²) in [5, 5.41) is 17.9. The van der Waals surface area contributed by atoms with Crippen molar-refractivity contribution in [2.24, 2.45) is 17.3 Å². The summed E-state index contributed by atoms with van der Waals surface area (Å²) in [6, 6.07) is 0.672. The van der Waals surface area contributed by atoms with Gasteiger partial charge in [0.2, 0.25) is 17.7 Å². The van der Waals surface area contributed by atoms with Crippen molar-refractivity contribution in [2.45, 2.75) is 84.2 Å². The molecule has 3 amide bonds. The smallest absolute Gasteiger partial charge is 0.243 e. The fourth-order valence-corrected chi connectivity index (χ4v) is 4.05. The Balaban J connectivity index is 1.99. The van der Waals surface area contributed by atoms with Crippen molar-refractivity contribution in [3.8, 4) is 6.07 Å². The van der Waals surface area contributed by atoms with Crippen molar-refractivity contribution in [3.63, 3.8) is 0 Å². The SMILES string of the molecule is CC(C)(C)C[C@H](NC(=O)C1CCCCC1)C(=O)N[C@H](C#N)C[C@@H]1CCNC1=O. The van der Waals surface area contributed by atoms with E-state index in [1.165, 1.54) is 0 Å². The summed E-state index contributed by atoms with van der Waals surface area (Å²) in [6.07, 6.45) is 6.46. The molecule has 1 saturated heterocycles. The Hall–Kier alpha value is -2.10. The summed E-state index contributed by atoms with van der Waals surface area (Å²) in [4.78, 5) is 37.3. The Kier molecular flexibility index (Phi) is 7.85. The van der Waals surface area contributed by atoms with Crippen LogP contribution in [0.5, 0.6) is 0 Å². The van der Waals surface area contributed by atoms with E-state index < -0.39 is 12.1 Å². The maximum atomic E-state index is 12.9. The Labute approximate surface area is 168 Å². The van der Waals surface area contributed by atoms with E-state index >= 15 is 0 Å². The van der Waals surface area contributed by atoms with E-state index in [0.29, 0.717) is 25.8 Å². The maximum Gasteiger partial charge on any atom is 0.243 e. The van der Waals surface area contributed by atoms with Crippen molar-refractivity contribution < 1.29 is 14.4 Å². The third-order valence-corrected chi connectivity index (χ3v) is 5.58. The molecule has 2 aliphatic rings. The number of nitriles is 1. The lowest BCUT2D eigenvalue weighted by molar-refractivity contribution is -0.132. The van der Waals surface area contributed by atoms with Crippen molar-refractivity contribution in [3.05, 3.63) is 0 Å². The number of nitrogens with one attached hydrogen (secondary N) is 3. The van der Waals surface area contributed by atoms with Gasteiger partial charge < -0.3 is 16.0 Å². The van der Waals surface area contributed by atoms with Crippen molar-refractivity contribution in [2.75, 3.05) is 6.54 Å². The van der Waals surface area contributed by atoms with E-state index in [4.69, 9.17) is 0 Å². The number of rotatable bonds is 7. The van der Waals surface area contributed by atoms with Crippen molar-refractivity contribution >= 4 is 17.7 Å². The summed E-state index contributed by atoms with van der Waals surface area (Å²) in [6.45, 7) is 6.67. The third-order valence-electron chi connectivity index (χ3n) is 5.58. The van der Waals surface area contributed by atoms with Crippen LogP contribution in [0.25, 0.3) is 0 Å². The van der Waals surface area contributed by atoms with Gasteiger partial charge in [-0.05, 0) is 37.5 Å². The Morgan fingerprint density at radius 1 is 1.18 bits per heavy atom. The van der Waals surface area contributed by atoms with E-state index in [9.17, 15) is 19.6 Å². The van der Waals surface area contributed by atoms with Gasteiger partial charge in [0.25, 0.3) is 0 Å².